The minimum atomic E-state index is -1.14. The van der Waals surface area contributed by atoms with E-state index in [1.54, 1.807) is 19.2 Å². The van der Waals surface area contributed by atoms with Crippen molar-refractivity contribution in [3.05, 3.63) is 53.5 Å². The molecule has 6 nitrogen and oxygen atoms in total. The van der Waals surface area contributed by atoms with E-state index in [4.69, 9.17) is 14.3 Å². The molecule has 0 unspecified atom stereocenters. The molecule has 0 atom stereocenters. The van der Waals surface area contributed by atoms with Gasteiger partial charge in [0.05, 0.1) is 20.1 Å². The van der Waals surface area contributed by atoms with Gasteiger partial charge >= 0.3 is 5.97 Å². The average Bonchev–Trinajstić information content (AvgIpc) is 2.94. The number of hydrogen-bond acceptors (Lipinski definition) is 4. The van der Waals surface area contributed by atoms with Gasteiger partial charge in [-0.15, -0.1) is 0 Å². The van der Waals surface area contributed by atoms with E-state index in [9.17, 15) is 9.59 Å². The Morgan fingerprint density at radius 2 is 2.10 bits per heavy atom. The molecule has 2 aromatic rings. The first-order valence-corrected chi connectivity index (χ1v) is 6.30. The van der Waals surface area contributed by atoms with E-state index in [0.29, 0.717) is 11.5 Å². The first kappa shape index (κ1) is 14.6. The first-order valence-electron chi connectivity index (χ1n) is 6.30. The Morgan fingerprint density at radius 1 is 1.29 bits per heavy atom. The van der Waals surface area contributed by atoms with Crippen LogP contribution >= 0.6 is 0 Å². The minimum Gasteiger partial charge on any atom is -0.497 e. The highest BCUT2D eigenvalue weighted by Crippen LogP contribution is 2.13. The monoisotopic (exact) mass is 289 g/mol. The lowest BCUT2D eigenvalue weighted by atomic mass is 10.1. The lowest BCUT2D eigenvalue weighted by molar-refractivity contribution is -0.120. The molecule has 2 rings (SSSR count). The minimum absolute atomic E-state index is 0.146. The molecule has 0 aliphatic heterocycles. The molecule has 0 fully saturated rings. The van der Waals surface area contributed by atoms with Crippen LogP contribution in [0.1, 0.15) is 21.9 Å². The summed E-state index contributed by atoms with van der Waals surface area (Å²) in [5, 5.41) is 11.4. The first-order chi connectivity index (χ1) is 10.1. The Hall–Kier alpha value is -2.76. The number of furan rings is 1. The van der Waals surface area contributed by atoms with Crippen molar-refractivity contribution in [1.82, 2.24) is 5.32 Å². The second-order valence-electron chi connectivity index (χ2n) is 4.38. The molecule has 0 aliphatic carbocycles. The third-order valence-electron chi connectivity index (χ3n) is 2.83. The highest BCUT2D eigenvalue weighted by molar-refractivity contribution is 5.84. The van der Waals surface area contributed by atoms with Gasteiger partial charge in [0.2, 0.25) is 11.7 Å². The van der Waals surface area contributed by atoms with Crippen LogP contribution in [-0.4, -0.2) is 24.1 Å². The van der Waals surface area contributed by atoms with Gasteiger partial charge in [0.25, 0.3) is 0 Å². The average molecular weight is 289 g/mol. The van der Waals surface area contributed by atoms with Gasteiger partial charge in [-0.1, -0.05) is 12.1 Å². The summed E-state index contributed by atoms with van der Waals surface area (Å²) in [7, 11) is 1.57. The molecular formula is C15H15NO5. The van der Waals surface area contributed by atoms with Crippen molar-refractivity contribution in [3.63, 3.8) is 0 Å². The predicted octanol–water partition coefficient (Wildman–Crippen LogP) is 1.85. The van der Waals surface area contributed by atoms with E-state index in [1.165, 1.54) is 12.1 Å². The van der Waals surface area contributed by atoms with Crippen molar-refractivity contribution in [3.8, 4) is 5.75 Å². The second-order valence-corrected chi connectivity index (χ2v) is 4.38. The molecule has 21 heavy (non-hydrogen) atoms. The number of benzene rings is 1. The van der Waals surface area contributed by atoms with E-state index >= 15 is 0 Å². The Kier molecular flexibility index (Phi) is 4.61. The molecule has 1 aromatic carbocycles. The zero-order chi connectivity index (χ0) is 15.2. The summed E-state index contributed by atoms with van der Waals surface area (Å²) in [4.78, 5) is 22.5. The van der Waals surface area contributed by atoms with Crippen molar-refractivity contribution < 1.29 is 23.8 Å². The topological polar surface area (TPSA) is 88.8 Å². The SMILES string of the molecule is COc1cccc(CC(=O)NCc2ccc(C(=O)O)o2)c1. The van der Waals surface area contributed by atoms with E-state index in [1.807, 2.05) is 12.1 Å². The van der Waals surface area contributed by atoms with E-state index in [2.05, 4.69) is 5.32 Å². The molecule has 0 bridgehead atoms. The molecule has 0 aliphatic rings. The molecule has 1 heterocycles. The lowest BCUT2D eigenvalue weighted by Crippen LogP contribution is -2.24. The normalized spacial score (nSPS) is 10.1. The van der Waals surface area contributed by atoms with Crippen LogP contribution in [0.15, 0.2) is 40.8 Å². The van der Waals surface area contributed by atoms with Gasteiger partial charge in [-0.2, -0.15) is 0 Å². The number of carbonyl (C=O) groups excluding carboxylic acids is 1. The molecule has 2 N–H and O–H groups in total. The summed E-state index contributed by atoms with van der Waals surface area (Å²) < 4.78 is 10.1. The lowest BCUT2D eigenvalue weighted by Gasteiger charge is -2.05. The second kappa shape index (κ2) is 6.60. The number of methoxy groups -OCH3 is 1. The van der Waals surface area contributed by atoms with Gasteiger partial charge in [-0.3, -0.25) is 4.79 Å². The van der Waals surface area contributed by atoms with Gasteiger partial charge in [0.1, 0.15) is 11.5 Å². The number of aromatic carboxylic acids is 1. The van der Waals surface area contributed by atoms with Gasteiger partial charge in [-0.05, 0) is 29.8 Å². The van der Waals surface area contributed by atoms with Crippen molar-refractivity contribution >= 4 is 11.9 Å². The van der Waals surface area contributed by atoms with Crippen molar-refractivity contribution in [2.45, 2.75) is 13.0 Å². The van der Waals surface area contributed by atoms with Crippen molar-refractivity contribution in [2.75, 3.05) is 7.11 Å². The number of hydrogen-bond donors (Lipinski definition) is 2. The standard InChI is InChI=1S/C15H15NO5/c1-20-11-4-2-3-10(7-11)8-14(17)16-9-12-5-6-13(21-12)15(18)19/h2-7H,8-9H2,1H3,(H,16,17)(H,18,19). The third kappa shape index (κ3) is 4.10. The Balaban J connectivity index is 1.87. The van der Waals surface area contributed by atoms with Crippen LogP contribution in [0, 0.1) is 0 Å². The fourth-order valence-corrected chi connectivity index (χ4v) is 1.80. The summed E-state index contributed by atoms with van der Waals surface area (Å²) in [6.07, 6.45) is 0.212. The van der Waals surface area contributed by atoms with Gasteiger partial charge < -0.3 is 19.6 Å². The highest BCUT2D eigenvalue weighted by atomic mass is 16.5. The molecule has 0 saturated heterocycles. The van der Waals surface area contributed by atoms with Crippen LogP contribution in [0.2, 0.25) is 0 Å². The number of nitrogens with one attached hydrogen (secondary N) is 1. The molecular weight excluding hydrogens is 274 g/mol. The molecule has 0 radical (unpaired) electrons. The molecule has 1 amide bonds. The zero-order valence-electron chi connectivity index (χ0n) is 11.5. The van der Waals surface area contributed by atoms with Crippen molar-refractivity contribution in [1.29, 1.82) is 0 Å². The van der Waals surface area contributed by atoms with Crippen LogP contribution in [0.3, 0.4) is 0 Å². The van der Waals surface area contributed by atoms with Crippen LogP contribution in [0.25, 0.3) is 0 Å². The zero-order valence-corrected chi connectivity index (χ0v) is 11.5. The summed E-state index contributed by atoms with van der Waals surface area (Å²) in [5.74, 6) is -0.378. The number of carboxylic acids is 1. The van der Waals surface area contributed by atoms with Gasteiger partial charge in [0.15, 0.2) is 0 Å². The molecule has 110 valence electrons. The maximum absolute atomic E-state index is 11.8. The maximum Gasteiger partial charge on any atom is 0.371 e. The smallest absolute Gasteiger partial charge is 0.371 e. The van der Waals surface area contributed by atoms with Crippen molar-refractivity contribution in [2.24, 2.45) is 0 Å². The molecule has 0 spiro atoms. The molecule has 0 saturated carbocycles. The van der Waals surface area contributed by atoms with Crippen LogP contribution in [-0.2, 0) is 17.8 Å². The number of ether oxygens (including phenoxy) is 1. The summed E-state index contributed by atoms with van der Waals surface area (Å²) in [6.45, 7) is 0.149. The quantitative estimate of drug-likeness (QED) is 0.847. The number of rotatable bonds is 6. The number of carboxylic acid groups (broad SMARTS) is 1. The predicted molar refractivity (Wildman–Crippen MR) is 74.2 cm³/mol. The third-order valence-corrected chi connectivity index (χ3v) is 2.83. The van der Waals surface area contributed by atoms with E-state index < -0.39 is 5.97 Å². The number of carbonyl (C=O) groups is 2. The summed E-state index contributed by atoms with van der Waals surface area (Å²) >= 11 is 0. The van der Waals surface area contributed by atoms with Gasteiger partial charge in [-0.25, -0.2) is 4.79 Å². The number of amides is 1. The highest BCUT2D eigenvalue weighted by Gasteiger charge is 2.10. The summed E-state index contributed by atoms with van der Waals surface area (Å²) in [6, 6.07) is 10.1. The van der Waals surface area contributed by atoms with Crippen LogP contribution in [0.4, 0.5) is 0 Å². The Bertz CT molecular complexity index is 647. The van der Waals surface area contributed by atoms with E-state index in [0.717, 1.165) is 5.56 Å². The van der Waals surface area contributed by atoms with Crippen LogP contribution in [0.5, 0.6) is 5.75 Å². The fraction of sp³-hybridized carbons (Fsp3) is 0.200. The molecule has 6 heteroatoms. The Labute approximate surface area is 121 Å². The summed E-state index contributed by atoms with van der Waals surface area (Å²) in [5.41, 5.74) is 0.831. The largest absolute Gasteiger partial charge is 0.497 e. The van der Waals surface area contributed by atoms with E-state index in [-0.39, 0.29) is 24.6 Å². The van der Waals surface area contributed by atoms with Crippen LogP contribution < -0.4 is 10.1 Å². The maximum atomic E-state index is 11.8. The molecule has 1 aromatic heterocycles. The Morgan fingerprint density at radius 3 is 2.76 bits per heavy atom. The fourth-order valence-electron chi connectivity index (χ4n) is 1.80. The van der Waals surface area contributed by atoms with Gasteiger partial charge in [0, 0.05) is 0 Å².